The second-order valence-electron chi connectivity index (χ2n) is 7.49. The molecule has 1 saturated carbocycles. The van der Waals surface area contributed by atoms with Crippen LogP contribution in [-0.4, -0.2) is 37.9 Å². The van der Waals surface area contributed by atoms with Crippen molar-refractivity contribution in [2.24, 2.45) is 7.05 Å². The molecule has 2 amide bonds. The number of carbonyl (C=O) groups is 1. The van der Waals surface area contributed by atoms with Crippen LogP contribution >= 0.6 is 0 Å². The number of amides is 2. The zero-order chi connectivity index (χ0) is 20.9. The number of aryl methyl sites for hydroxylation is 1. The first-order chi connectivity index (χ1) is 14.6. The van der Waals surface area contributed by atoms with Gasteiger partial charge >= 0.3 is 6.03 Å². The molecular weight excluding hydrogens is 380 g/mol. The van der Waals surface area contributed by atoms with Crippen LogP contribution in [0.25, 0.3) is 11.3 Å². The Labute approximate surface area is 175 Å². The summed E-state index contributed by atoms with van der Waals surface area (Å²) >= 11 is 0. The van der Waals surface area contributed by atoms with E-state index in [1.807, 2.05) is 36.4 Å². The summed E-state index contributed by atoms with van der Waals surface area (Å²) in [4.78, 5) is 21.1. The summed E-state index contributed by atoms with van der Waals surface area (Å²) in [6, 6.07) is 11.5. The van der Waals surface area contributed by atoms with E-state index in [9.17, 15) is 4.79 Å². The molecular formula is C21H26N8O. The zero-order valence-corrected chi connectivity index (χ0v) is 16.9. The van der Waals surface area contributed by atoms with Crippen molar-refractivity contribution in [1.82, 2.24) is 25.1 Å². The van der Waals surface area contributed by atoms with Gasteiger partial charge in [-0.15, -0.1) is 0 Å². The molecule has 1 aromatic carbocycles. The van der Waals surface area contributed by atoms with Crippen LogP contribution < -0.4 is 21.7 Å². The largest absolute Gasteiger partial charge is 0.383 e. The molecule has 30 heavy (non-hydrogen) atoms. The Bertz CT molecular complexity index is 995. The van der Waals surface area contributed by atoms with Crippen LogP contribution in [0.15, 0.2) is 48.8 Å². The number of nitrogens with two attached hydrogens (primary N) is 1. The standard InChI is InChI=1S/C21H26N8O/c1-29-19(22)17(13-24-29)18-11-12-23-20(28-18)25-15-7-9-16(10-8-15)27-21(30)26-14-5-3-2-4-6-14/h2-6,11-13,15-16H,7-10,22H2,1H3,(H,23,25,28)(H2,26,27,30). The van der Waals surface area contributed by atoms with Gasteiger partial charge in [-0.25, -0.2) is 14.8 Å². The van der Waals surface area contributed by atoms with Crippen LogP contribution in [-0.2, 0) is 7.05 Å². The minimum Gasteiger partial charge on any atom is -0.383 e. The maximum absolute atomic E-state index is 12.2. The van der Waals surface area contributed by atoms with E-state index in [1.54, 1.807) is 24.1 Å². The first kappa shape index (κ1) is 19.7. The fraction of sp³-hybridized carbons (Fsp3) is 0.333. The fourth-order valence-electron chi connectivity index (χ4n) is 3.66. The van der Waals surface area contributed by atoms with Gasteiger partial charge in [0.1, 0.15) is 5.82 Å². The van der Waals surface area contributed by atoms with Crippen LogP contribution in [0.2, 0.25) is 0 Å². The number of nitrogens with one attached hydrogen (secondary N) is 3. The third kappa shape index (κ3) is 4.68. The second kappa shape index (κ2) is 8.81. The highest BCUT2D eigenvalue weighted by Gasteiger charge is 2.23. The Morgan fingerprint density at radius 1 is 1.10 bits per heavy atom. The van der Waals surface area contributed by atoms with Gasteiger partial charge in [0.2, 0.25) is 5.95 Å². The van der Waals surface area contributed by atoms with E-state index < -0.39 is 0 Å². The quantitative estimate of drug-likeness (QED) is 0.517. The van der Waals surface area contributed by atoms with Gasteiger partial charge in [0.05, 0.1) is 17.5 Å². The Morgan fingerprint density at radius 3 is 2.53 bits per heavy atom. The fourth-order valence-corrected chi connectivity index (χ4v) is 3.66. The second-order valence-corrected chi connectivity index (χ2v) is 7.49. The smallest absolute Gasteiger partial charge is 0.319 e. The van der Waals surface area contributed by atoms with Crippen molar-refractivity contribution in [3.05, 3.63) is 48.8 Å². The molecule has 3 aromatic rings. The van der Waals surface area contributed by atoms with Gasteiger partial charge in [0.25, 0.3) is 0 Å². The highest BCUT2D eigenvalue weighted by atomic mass is 16.2. The molecule has 4 rings (SSSR count). The summed E-state index contributed by atoms with van der Waals surface area (Å²) in [7, 11) is 1.80. The van der Waals surface area contributed by atoms with Gasteiger partial charge < -0.3 is 21.7 Å². The number of nitrogens with zero attached hydrogens (tertiary/aromatic N) is 4. The summed E-state index contributed by atoms with van der Waals surface area (Å²) in [5, 5.41) is 13.5. The Kier molecular flexibility index (Phi) is 5.78. The first-order valence-corrected chi connectivity index (χ1v) is 10.1. The van der Waals surface area contributed by atoms with Gasteiger partial charge in [0.15, 0.2) is 0 Å². The molecule has 2 heterocycles. The maximum atomic E-state index is 12.2. The van der Waals surface area contributed by atoms with Gasteiger partial charge in [-0.3, -0.25) is 4.68 Å². The predicted molar refractivity (Wildman–Crippen MR) is 117 cm³/mol. The lowest BCUT2D eigenvalue weighted by molar-refractivity contribution is 0.243. The van der Waals surface area contributed by atoms with Crippen molar-refractivity contribution < 1.29 is 4.79 Å². The normalized spacial score (nSPS) is 18.6. The van der Waals surface area contributed by atoms with Gasteiger partial charge in [0, 0.05) is 31.0 Å². The summed E-state index contributed by atoms with van der Waals surface area (Å²) in [5.41, 5.74) is 8.37. The molecule has 0 atom stereocenters. The van der Waals surface area contributed by atoms with Crippen LogP contribution in [0.5, 0.6) is 0 Å². The zero-order valence-electron chi connectivity index (χ0n) is 16.9. The number of rotatable bonds is 5. The molecule has 0 aliphatic heterocycles. The van der Waals surface area contributed by atoms with Crippen molar-refractivity contribution in [2.45, 2.75) is 37.8 Å². The lowest BCUT2D eigenvalue weighted by Gasteiger charge is -2.29. The number of para-hydroxylation sites is 1. The van der Waals surface area contributed by atoms with E-state index >= 15 is 0 Å². The number of hydrogen-bond acceptors (Lipinski definition) is 6. The first-order valence-electron chi connectivity index (χ1n) is 10.1. The van der Waals surface area contributed by atoms with Crippen LogP contribution in [0.1, 0.15) is 25.7 Å². The Hall–Kier alpha value is -3.62. The number of carbonyl (C=O) groups excluding carboxylic acids is 1. The summed E-state index contributed by atoms with van der Waals surface area (Å²) in [6.07, 6.45) is 7.08. The van der Waals surface area contributed by atoms with Crippen molar-refractivity contribution >= 4 is 23.5 Å². The number of anilines is 3. The lowest BCUT2D eigenvalue weighted by atomic mass is 9.91. The molecule has 0 radical (unpaired) electrons. The number of hydrogen-bond donors (Lipinski definition) is 4. The van der Waals surface area contributed by atoms with E-state index in [2.05, 4.69) is 31.0 Å². The maximum Gasteiger partial charge on any atom is 0.319 e. The van der Waals surface area contributed by atoms with E-state index in [-0.39, 0.29) is 18.1 Å². The molecule has 9 nitrogen and oxygen atoms in total. The highest BCUT2D eigenvalue weighted by molar-refractivity contribution is 5.89. The Morgan fingerprint density at radius 2 is 1.83 bits per heavy atom. The summed E-state index contributed by atoms with van der Waals surface area (Å²) < 4.78 is 1.62. The lowest BCUT2D eigenvalue weighted by Crippen LogP contribution is -2.42. The molecule has 0 unspecified atom stereocenters. The van der Waals surface area contributed by atoms with E-state index in [4.69, 9.17) is 5.73 Å². The van der Waals surface area contributed by atoms with Gasteiger partial charge in [-0.2, -0.15) is 5.10 Å². The highest BCUT2D eigenvalue weighted by Crippen LogP contribution is 2.25. The van der Waals surface area contributed by atoms with E-state index in [0.29, 0.717) is 11.8 Å². The van der Waals surface area contributed by atoms with Crippen LogP contribution in [0.3, 0.4) is 0 Å². The third-order valence-corrected chi connectivity index (χ3v) is 5.34. The van der Waals surface area contributed by atoms with Crippen molar-refractivity contribution in [1.29, 1.82) is 0 Å². The molecule has 0 bridgehead atoms. The average molecular weight is 406 g/mol. The number of nitrogen functional groups attached to an aromatic ring is 1. The number of benzene rings is 1. The average Bonchev–Trinajstić information content (AvgIpc) is 3.09. The summed E-state index contributed by atoms with van der Waals surface area (Å²) in [5.74, 6) is 1.15. The SMILES string of the molecule is Cn1ncc(-c2ccnc(NC3CCC(NC(=O)Nc4ccccc4)CC3)n2)c1N. The predicted octanol–water partition coefficient (Wildman–Crippen LogP) is 3.00. The monoisotopic (exact) mass is 406 g/mol. The number of aromatic nitrogens is 4. The Balaban J connectivity index is 1.28. The summed E-state index contributed by atoms with van der Waals surface area (Å²) in [6.45, 7) is 0. The number of urea groups is 1. The van der Waals surface area contributed by atoms with Crippen molar-refractivity contribution in [3.8, 4) is 11.3 Å². The van der Waals surface area contributed by atoms with Gasteiger partial charge in [-0.1, -0.05) is 18.2 Å². The molecule has 5 N–H and O–H groups in total. The molecule has 9 heteroatoms. The van der Waals surface area contributed by atoms with Crippen LogP contribution in [0, 0.1) is 0 Å². The molecule has 1 aliphatic rings. The topological polar surface area (TPSA) is 123 Å². The molecule has 2 aromatic heterocycles. The molecule has 0 spiro atoms. The molecule has 0 saturated heterocycles. The molecule has 156 valence electrons. The van der Waals surface area contributed by atoms with E-state index in [0.717, 1.165) is 42.6 Å². The molecule has 1 fully saturated rings. The van der Waals surface area contributed by atoms with Crippen molar-refractivity contribution in [2.75, 3.05) is 16.4 Å². The third-order valence-electron chi connectivity index (χ3n) is 5.34. The van der Waals surface area contributed by atoms with Crippen molar-refractivity contribution in [3.63, 3.8) is 0 Å². The van der Waals surface area contributed by atoms with Gasteiger partial charge in [-0.05, 0) is 43.9 Å². The molecule has 1 aliphatic carbocycles. The minimum atomic E-state index is -0.164. The van der Waals surface area contributed by atoms with Crippen LogP contribution in [0.4, 0.5) is 22.2 Å². The minimum absolute atomic E-state index is 0.161. The van der Waals surface area contributed by atoms with E-state index in [1.165, 1.54) is 0 Å².